The maximum absolute atomic E-state index is 2.63. The summed E-state index contributed by atoms with van der Waals surface area (Å²) in [5.41, 5.74) is 24.9. The molecule has 0 nitrogen and oxygen atoms in total. The number of aryl methyl sites for hydroxylation is 9. The molecule has 1 aromatic heterocycles. The molecule has 9 rings (SSSR count). The van der Waals surface area contributed by atoms with Gasteiger partial charge in [0.1, 0.15) is 0 Å². The van der Waals surface area contributed by atoms with Crippen LogP contribution in [0, 0.1) is 62.3 Å². The van der Waals surface area contributed by atoms with Crippen molar-refractivity contribution in [3.8, 4) is 33.4 Å². The van der Waals surface area contributed by atoms with E-state index in [0.717, 1.165) is 0 Å². The summed E-state index contributed by atoms with van der Waals surface area (Å²) in [5.74, 6) is 0. The van der Waals surface area contributed by atoms with Crippen molar-refractivity contribution in [3.63, 3.8) is 0 Å². The van der Waals surface area contributed by atoms with Crippen molar-refractivity contribution in [3.05, 3.63) is 146 Å². The minimum Gasteiger partial charge on any atom is -0.241 e. The second kappa shape index (κ2) is 12.2. The van der Waals surface area contributed by atoms with Crippen molar-refractivity contribution in [2.24, 2.45) is 0 Å². The first-order valence-corrected chi connectivity index (χ1v) is 22.9. The van der Waals surface area contributed by atoms with E-state index in [2.05, 4.69) is 147 Å². The monoisotopic (exact) mass is 704 g/mol. The predicted octanol–water partition coefficient (Wildman–Crippen LogP) is 8.41. The van der Waals surface area contributed by atoms with Crippen LogP contribution in [0.25, 0.3) is 54.1 Å². The van der Waals surface area contributed by atoms with Gasteiger partial charge in [0.25, 0.3) is 0 Å². The summed E-state index contributed by atoms with van der Waals surface area (Å²) in [6.07, 6.45) is 0. The van der Waals surface area contributed by atoms with E-state index >= 15 is 0 Å². The van der Waals surface area contributed by atoms with E-state index in [-0.39, 0.29) is 51.4 Å². The van der Waals surface area contributed by atoms with Crippen molar-refractivity contribution in [1.82, 2.24) is 0 Å². The number of hydrogen-bond donors (Lipinski definition) is 0. The average Bonchev–Trinajstić information content (AvgIpc) is 3.35. The topological polar surface area (TPSA) is 0 Å². The largest absolute Gasteiger partial charge is 1.00 e. The van der Waals surface area contributed by atoms with Crippen LogP contribution in [0.1, 0.15) is 61.2 Å². The van der Waals surface area contributed by atoms with Crippen molar-refractivity contribution in [1.29, 1.82) is 0 Å². The van der Waals surface area contributed by atoms with Crippen LogP contribution in [0.2, 0.25) is 0 Å². The molecule has 7 aromatic rings. The third-order valence-corrected chi connectivity index (χ3v) is 24.6. The first-order valence-electron chi connectivity index (χ1n) is 18.0. The summed E-state index contributed by atoms with van der Waals surface area (Å²) in [4.78, 5) is 3.37. The van der Waals surface area contributed by atoms with Gasteiger partial charge in [0.15, 0.2) is 0 Å². The molecule has 0 spiro atoms. The first kappa shape index (κ1) is 34.5. The molecule has 6 aromatic carbocycles. The van der Waals surface area contributed by atoms with Crippen LogP contribution in [0.3, 0.4) is 0 Å². The molecule has 0 radical (unpaired) electrons. The maximum Gasteiger partial charge on any atom is 1.00 e. The van der Waals surface area contributed by atoms with Gasteiger partial charge in [-0.05, 0) is 148 Å². The van der Waals surface area contributed by atoms with E-state index in [4.69, 9.17) is 0 Å². The molecule has 0 amide bonds. The molecule has 0 atom stereocenters. The van der Waals surface area contributed by atoms with Crippen LogP contribution in [0.5, 0.6) is 0 Å². The summed E-state index contributed by atoms with van der Waals surface area (Å²) >= 11 is 0. The van der Waals surface area contributed by atoms with Gasteiger partial charge in [0.2, 0.25) is 0 Å². The molecule has 0 unspecified atom stereocenters. The van der Waals surface area contributed by atoms with Gasteiger partial charge in [0.05, 0.1) is 0 Å². The van der Waals surface area contributed by atoms with Crippen LogP contribution < -0.4 is 56.6 Å². The Morgan fingerprint density at radius 1 is 0.480 bits per heavy atom. The van der Waals surface area contributed by atoms with E-state index in [1.54, 1.807) is 26.3 Å². The van der Waals surface area contributed by atoms with Crippen molar-refractivity contribution < 1.29 is 51.4 Å². The van der Waals surface area contributed by atoms with Gasteiger partial charge in [-0.1, -0.05) is 130 Å². The van der Waals surface area contributed by atoms with Gasteiger partial charge in [-0.15, -0.1) is 0 Å². The van der Waals surface area contributed by atoms with Crippen molar-refractivity contribution in [2.45, 2.75) is 74.4 Å². The minimum absolute atomic E-state index is 0. The maximum atomic E-state index is 2.63. The zero-order chi connectivity index (χ0) is 34.1. The van der Waals surface area contributed by atoms with Gasteiger partial charge >= 0.3 is 51.4 Å². The fourth-order valence-electron chi connectivity index (χ4n) is 10.8. The molecule has 3 heteroatoms. The van der Waals surface area contributed by atoms with Gasteiger partial charge in [-0.2, -0.15) is 9.99 Å². The molecule has 3 heterocycles. The first-order chi connectivity index (χ1) is 23.5. The number of fused-ring (bicyclic) bond motifs is 7. The Labute approximate surface area is 343 Å². The molecular formula is C47H45KSi2. The van der Waals surface area contributed by atoms with Gasteiger partial charge < -0.3 is 0 Å². The molecule has 0 N–H and O–H groups in total. The van der Waals surface area contributed by atoms with E-state index in [9.17, 15) is 0 Å². The third kappa shape index (κ3) is 4.88. The predicted molar refractivity (Wildman–Crippen MR) is 217 cm³/mol. The van der Waals surface area contributed by atoms with Gasteiger partial charge in [-0.25, -0.2) is 7.91 Å². The molecule has 50 heavy (non-hydrogen) atoms. The van der Waals surface area contributed by atoms with Crippen molar-refractivity contribution >= 4 is 41.5 Å². The molecule has 0 aliphatic carbocycles. The Morgan fingerprint density at radius 3 is 1.48 bits per heavy atom. The van der Waals surface area contributed by atoms with Crippen LogP contribution in [0.15, 0.2) is 84.9 Å². The smallest absolute Gasteiger partial charge is 0.241 e. The Morgan fingerprint density at radius 2 is 0.920 bits per heavy atom. The van der Waals surface area contributed by atoms with Crippen LogP contribution in [-0.2, 0) is 12.1 Å². The quantitative estimate of drug-likeness (QED) is 0.159. The van der Waals surface area contributed by atoms with Crippen LogP contribution in [-0.4, -0.2) is 15.5 Å². The Kier molecular flexibility index (Phi) is 8.43. The van der Waals surface area contributed by atoms with Crippen LogP contribution in [0.4, 0.5) is 0 Å². The summed E-state index contributed by atoms with van der Waals surface area (Å²) < 4.78 is 0. The number of hydrogen-bond acceptors (Lipinski definition) is 0. The molecule has 242 valence electrons. The molecule has 2 aliphatic heterocycles. The van der Waals surface area contributed by atoms with E-state index in [1.165, 1.54) is 106 Å². The Hall–Kier alpha value is -2.61. The second-order valence-electron chi connectivity index (χ2n) is 15.8. The molecule has 0 fully saturated rings. The SMILES string of the molecule is Cc1cc(C)c(-c2cccc3c4c(C)cc(C)cc4[si-]([Si]45Cc6cc(C)cc(C)c6-c6cccc(c64)-c4c(C)cc(C)cc4C5)c23)c(C)c1.[K+]. The summed E-state index contributed by atoms with van der Waals surface area (Å²) in [6, 6.07) is 36.9. The number of rotatable bonds is 2. The zero-order valence-corrected chi connectivity index (χ0v) is 36.6. The second-order valence-corrected chi connectivity index (χ2v) is 25.3. The van der Waals surface area contributed by atoms with Crippen molar-refractivity contribution in [2.75, 3.05) is 0 Å². The third-order valence-electron chi connectivity index (χ3n) is 11.9. The number of benzene rings is 6. The molecule has 0 bridgehead atoms. The van der Waals surface area contributed by atoms with E-state index in [0.29, 0.717) is 0 Å². The molecule has 0 saturated heterocycles. The summed E-state index contributed by atoms with van der Waals surface area (Å²) in [5, 5.41) is 4.81. The van der Waals surface area contributed by atoms with E-state index < -0.39 is 15.5 Å². The normalized spacial score (nSPS) is 13.9. The molecular weight excluding hydrogens is 660 g/mol. The fourth-order valence-corrected chi connectivity index (χ4v) is 26.5. The summed E-state index contributed by atoms with van der Waals surface area (Å²) in [7, 11) is -3.63. The minimum atomic E-state index is -2.35. The molecule has 0 saturated carbocycles. The van der Waals surface area contributed by atoms with Gasteiger partial charge in [0, 0.05) is 0 Å². The standard InChI is InChI=1S/C47H45Si2.K/c1-26-16-30(5)42(31(6)17-26)37-12-10-13-38-45-34(9)20-29(4)23-41(45)48(46(37)38)49-24-35-21-27(2)18-32(7)43(35)39-14-11-15-40(47(39)49)44-33(8)19-28(3)22-36(44)25-49;/h10-23H,24-25H2,1-9H3;/q-1;+1. The fraction of sp³-hybridized carbons (Fsp3) is 0.234. The average molecular weight is 705 g/mol. The van der Waals surface area contributed by atoms with Gasteiger partial charge in [-0.3, -0.25) is 0 Å². The Balaban J connectivity index is 0.00000361. The molecule has 2 aliphatic rings. The van der Waals surface area contributed by atoms with Crippen LogP contribution >= 0.6 is 0 Å². The van der Waals surface area contributed by atoms with E-state index in [1.807, 2.05) is 0 Å². The summed E-state index contributed by atoms with van der Waals surface area (Å²) in [6.45, 7) is 20.9. The zero-order valence-electron chi connectivity index (χ0n) is 31.5. The Bertz CT molecular complexity index is 2500.